The third-order valence-corrected chi connectivity index (χ3v) is 7.08. The number of nitrogens with zero attached hydrogens (tertiary/aromatic N) is 3. The lowest BCUT2D eigenvalue weighted by atomic mass is 10.2. The van der Waals surface area contributed by atoms with Crippen molar-refractivity contribution in [2.45, 2.75) is 6.92 Å². The van der Waals surface area contributed by atoms with Crippen LogP contribution in [0.2, 0.25) is 0 Å². The highest BCUT2D eigenvalue weighted by Gasteiger charge is 2.16. The Morgan fingerprint density at radius 1 is 1.02 bits per heavy atom. The maximum atomic E-state index is 13.5. The molecular weight excluding hydrogens is 584 g/mol. The second-order valence-corrected chi connectivity index (χ2v) is 10.2. The number of carbonyl (C=O) groups excluding carboxylic acids is 1. The van der Waals surface area contributed by atoms with Crippen LogP contribution in [-0.2, 0) is 4.79 Å². The second-order valence-electron chi connectivity index (χ2n) is 9.30. The zero-order valence-corrected chi connectivity index (χ0v) is 23.5. The second kappa shape index (κ2) is 11.2. The topological polar surface area (TPSA) is 98.7 Å². The molecule has 41 heavy (non-hydrogen) atoms. The van der Waals surface area contributed by atoms with Crippen molar-refractivity contribution in [1.29, 1.82) is 0 Å². The van der Waals surface area contributed by atoms with Gasteiger partial charge in [-0.15, -0.1) is 0 Å². The fourth-order valence-electron chi connectivity index (χ4n) is 4.36. The Morgan fingerprint density at radius 2 is 1.80 bits per heavy atom. The summed E-state index contributed by atoms with van der Waals surface area (Å²) in [5.41, 5.74) is 3.33. The van der Waals surface area contributed by atoms with Crippen molar-refractivity contribution < 1.29 is 13.9 Å². The molecule has 6 rings (SSSR count). The number of hydrogen-bond acceptors (Lipinski definition) is 6. The molecule has 6 aromatic rings. The molecule has 0 radical (unpaired) electrons. The van der Waals surface area contributed by atoms with E-state index in [1.165, 1.54) is 4.68 Å². The molecule has 4 aromatic carbocycles. The summed E-state index contributed by atoms with van der Waals surface area (Å²) >= 11 is 3.51. The van der Waals surface area contributed by atoms with E-state index in [9.17, 15) is 9.59 Å². The number of rotatable bonds is 7. The van der Waals surface area contributed by atoms with Crippen molar-refractivity contribution in [2.24, 2.45) is 5.10 Å². The van der Waals surface area contributed by atoms with Gasteiger partial charge in [-0.05, 0) is 82.5 Å². The van der Waals surface area contributed by atoms with Gasteiger partial charge >= 0.3 is 0 Å². The molecule has 0 aliphatic heterocycles. The zero-order chi connectivity index (χ0) is 28.3. The van der Waals surface area contributed by atoms with Crippen LogP contribution in [0.15, 0.2) is 116 Å². The van der Waals surface area contributed by atoms with Gasteiger partial charge in [0.2, 0.25) is 5.82 Å². The van der Waals surface area contributed by atoms with Gasteiger partial charge in [0.15, 0.2) is 12.4 Å². The largest absolute Gasteiger partial charge is 0.483 e. The molecule has 1 N–H and O–H groups in total. The lowest BCUT2D eigenvalue weighted by Crippen LogP contribution is -2.20. The molecule has 2 aromatic heterocycles. The molecular formula is C32H23BrN4O4. The van der Waals surface area contributed by atoms with E-state index in [1.54, 1.807) is 42.6 Å². The zero-order valence-electron chi connectivity index (χ0n) is 21.9. The number of fused-ring (bicyclic) bond motifs is 2. The van der Waals surface area contributed by atoms with E-state index in [1.807, 2.05) is 67.6 Å². The molecule has 0 bridgehead atoms. The Labute approximate surface area is 243 Å². The van der Waals surface area contributed by atoms with Crippen LogP contribution in [0.4, 0.5) is 5.69 Å². The number of nitrogens with one attached hydrogen (secondary N) is 1. The fourth-order valence-corrected chi connectivity index (χ4v) is 4.87. The normalized spacial score (nSPS) is 11.4. The average Bonchev–Trinajstić information content (AvgIpc) is 3.42. The van der Waals surface area contributed by atoms with Gasteiger partial charge in [-0.2, -0.15) is 9.78 Å². The lowest BCUT2D eigenvalue weighted by Gasteiger charge is -2.11. The quantitative estimate of drug-likeness (QED) is 0.202. The minimum Gasteiger partial charge on any atom is -0.483 e. The molecule has 0 atom stereocenters. The Hall–Kier alpha value is -5.02. The van der Waals surface area contributed by atoms with Gasteiger partial charge < -0.3 is 14.5 Å². The van der Waals surface area contributed by atoms with Crippen LogP contribution in [0.1, 0.15) is 11.1 Å². The number of carbonyl (C=O) groups is 1. The van der Waals surface area contributed by atoms with Crippen molar-refractivity contribution in [1.82, 2.24) is 9.66 Å². The number of hydrogen-bond donors (Lipinski definition) is 1. The van der Waals surface area contributed by atoms with Gasteiger partial charge in [-0.3, -0.25) is 9.59 Å². The van der Waals surface area contributed by atoms with Crippen molar-refractivity contribution in [3.05, 3.63) is 123 Å². The smallest absolute Gasteiger partial charge is 0.282 e. The Balaban J connectivity index is 1.26. The van der Waals surface area contributed by atoms with E-state index < -0.39 is 0 Å². The van der Waals surface area contributed by atoms with Crippen molar-refractivity contribution in [2.75, 3.05) is 11.9 Å². The van der Waals surface area contributed by atoms with Gasteiger partial charge in [0.1, 0.15) is 11.3 Å². The molecule has 0 aliphatic rings. The number of benzene rings is 4. The minimum absolute atomic E-state index is 0.153. The molecule has 2 heterocycles. The third-order valence-electron chi connectivity index (χ3n) is 6.46. The first kappa shape index (κ1) is 26.2. The summed E-state index contributed by atoms with van der Waals surface area (Å²) in [4.78, 5) is 30.6. The Kier molecular flexibility index (Phi) is 7.18. The van der Waals surface area contributed by atoms with Crippen LogP contribution in [0.3, 0.4) is 0 Å². The summed E-state index contributed by atoms with van der Waals surface area (Å²) in [5.74, 6) is 0.952. The summed E-state index contributed by atoms with van der Waals surface area (Å²) in [6.45, 7) is 1.77. The van der Waals surface area contributed by atoms with E-state index in [4.69, 9.17) is 14.1 Å². The molecule has 0 aliphatic carbocycles. The maximum Gasteiger partial charge on any atom is 0.282 e. The maximum absolute atomic E-state index is 13.5. The molecule has 202 valence electrons. The number of aromatic nitrogens is 2. The van der Waals surface area contributed by atoms with Gasteiger partial charge in [-0.1, -0.05) is 48.5 Å². The molecule has 0 spiro atoms. The van der Waals surface area contributed by atoms with Gasteiger partial charge in [-0.25, -0.2) is 4.98 Å². The SMILES string of the molecule is Cc1ccccc1NC(=O)COc1ccc(C=Nn2c(-c3cc4ccccc4o3)nc3ccccc3c2=O)cc1Br. The predicted octanol–water partition coefficient (Wildman–Crippen LogP) is 6.78. The van der Waals surface area contributed by atoms with Crippen LogP contribution in [-0.4, -0.2) is 28.4 Å². The average molecular weight is 607 g/mol. The van der Waals surface area contributed by atoms with Crippen LogP contribution >= 0.6 is 15.9 Å². The van der Waals surface area contributed by atoms with Gasteiger partial charge in [0, 0.05) is 11.1 Å². The first-order chi connectivity index (χ1) is 20.0. The molecule has 8 nitrogen and oxygen atoms in total. The summed E-state index contributed by atoms with van der Waals surface area (Å²) in [7, 11) is 0. The molecule has 1 amide bonds. The monoisotopic (exact) mass is 606 g/mol. The molecule has 0 unspecified atom stereocenters. The highest BCUT2D eigenvalue weighted by molar-refractivity contribution is 9.10. The summed E-state index contributed by atoms with van der Waals surface area (Å²) < 4.78 is 13.6. The Morgan fingerprint density at radius 3 is 2.63 bits per heavy atom. The summed E-state index contributed by atoms with van der Waals surface area (Å²) in [6, 6.07) is 29.4. The molecule has 0 saturated heterocycles. The molecule has 0 saturated carbocycles. The fraction of sp³-hybridized carbons (Fsp3) is 0.0625. The van der Waals surface area contributed by atoms with Crippen LogP contribution in [0, 0.1) is 6.92 Å². The number of aryl methyl sites for hydroxylation is 1. The van der Waals surface area contributed by atoms with Crippen molar-refractivity contribution in [3.63, 3.8) is 0 Å². The van der Waals surface area contributed by atoms with Crippen molar-refractivity contribution in [3.8, 4) is 17.3 Å². The first-order valence-electron chi connectivity index (χ1n) is 12.8. The highest BCUT2D eigenvalue weighted by Crippen LogP contribution is 2.28. The first-order valence-corrected chi connectivity index (χ1v) is 13.6. The van der Waals surface area contributed by atoms with E-state index in [0.29, 0.717) is 43.9 Å². The number of amides is 1. The number of furan rings is 1. The number of anilines is 1. The van der Waals surface area contributed by atoms with Gasteiger partial charge in [0.05, 0.1) is 21.6 Å². The number of halogens is 1. The van der Waals surface area contributed by atoms with Crippen LogP contribution in [0.5, 0.6) is 5.75 Å². The number of para-hydroxylation sites is 3. The third kappa shape index (κ3) is 5.53. The molecule has 0 fully saturated rings. The van der Waals surface area contributed by atoms with Gasteiger partial charge in [0.25, 0.3) is 11.5 Å². The van der Waals surface area contributed by atoms with E-state index in [-0.39, 0.29) is 18.1 Å². The summed E-state index contributed by atoms with van der Waals surface area (Å²) in [5, 5.41) is 8.69. The molecule has 9 heteroatoms. The van der Waals surface area contributed by atoms with Crippen LogP contribution < -0.4 is 15.6 Å². The van der Waals surface area contributed by atoms with E-state index in [0.717, 1.165) is 16.6 Å². The summed E-state index contributed by atoms with van der Waals surface area (Å²) in [6.07, 6.45) is 1.56. The standard InChI is InChI=1S/C32H23BrN4O4/c1-20-8-2-5-11-25(20)35-30(38)19-40-28-15-14-21(16-24(28)33)18-34-37-31(29-17-22-9-3-7-13-27(22)41-29)36-26-12-6-4-10-23(26)32(37)39/h2-18H,19H2,1H3,(H,35,38). The number of ether oxygens (including phenoxy) is 1. The minimum atomic E-state index is -0.319. The van der Waals surface area contributed by atoms with E-state index in [2.05, 4.69) is 26.3 Å². The van der Waals surface area contributed by atoms with E-state index >= 15 is 0 Å². The Bertz CT molecular complexity index is 1980. The van der Waals surface area contributed by atoms with Crippen molar-refractivity contribution >= 4 is 55.6 Å². The lowest BCUT2D eigenvalue weighted by molar-refractivity contribution is -0.118. The van der Waals surface area contributed by atoms with Crippen LogP contribution in [0.25, 0.3) is 33.5 Å². The highest BCUT2D eigenvalue weighted by atomic mass is 79.9. The predicted molar refractivity (Wildman–Crippen MR) is 164 cm³/mol.